The predicted octanol–water partition coefficient (Wildman–Crippen LogP) is 4.29. The van der Waals surface area contributed by atoms with E-state index in [1.54, 1.807) is 0 Å². The number of benzene rings is 1. The van der Waals surface area contributed by atoms with E-state index in [1.807, 2.05) is 19.1 Å². The lowest BCUT2D eigenvalue weighted by molar-refractivity contribution is -0.151. The smallest absolute Gasteiger partial charge is 0.309 e. The van der Waals surface area contributed by atoms with Crippen LogP contribution in [0.15, 0.2) is 24.3 Å². The standard InChI is InChI=1S/C22H33ClN2O2/c1-4-27-22(26)20-9-8-19(12-15(20)2)24-14-17-10-11-25(3)21(17)16-6-5-7-18(23)13-16/h5-7,13,15,17,19-21,24H,4,8-12,14H2,1-3H3/t15-,17-,19-,20+,21-/m0/s1. The quantitative estimate of drug-likeness (QED) is 0.733. The molecule has 1 aromatic rings. The number of hydrogen-bond acceptors (Lipinski definition) is 4. The van der Waals surface area contributed by atoms with E-state index in [0.29, 0.717) is 30.5 Å². The average molecular weight is 393 g/mol. The number of halogens is 1. The lowest BCUT2D eigenvalue weighted by Crippen LogP contribution is -2.42. The van der Waals surface area contributed by atoms with Crippen LogP contribution in [0.25, 0.3) is 0 Å². The molecule has 1 saturated heterocycles. The zero-order valence-electron chi connectivity index (χ0n) is 16.8. The summed E-state index contributed by atoms with van der Waals surface area (Å²) in [5.41, 5.74) is 1.31. The Labute approximate surface area is 168 Å². The van der Waals surface area contributed by atoms with Gasteiger partial charge < -0.3 is 10.1 Å². The molecule has 0 unspecified atom stereocenters. The molecule has 3 rings (SSSR count). The Bertz CT molecular complexity index is 638. The second-order valence-corrected chi connectivity index (χ2v) is 8.72. The maximum absolute atomic E-state index is 12.1. The van der Waals surface area contributed by atoms with Crippen molar-refractivity contribution in [2.45, 2.75) is 51.6 Å². The first-order valence-corrected chi connectivity index (χ1v) is 10.7. The molecule has 2 fully saturated rings. The fraction of sp³-hybridized carbons (Fsp3) is 0.682. The van der Waals surface area contributed by atoms with Crippen molar-refractivity contribution in [2.75, 3.05) is 26.7 Å². The van der Waals surface area contributed by atoms with E-state index in [1.165, 1.54) is 12.0 Å². The highest BCUT2D eigenvalue weighted by Crippen LogP contribution is 2.37. The monoisotopic (exact) mass is 392 g/mol. The van der Waals surface area contributed by atoms with Gasteiger partial charge in [-0.3, -0.25) is 9.69 Å². The lowest BCUT2D eigenvalue weighted by atomic mass is 9.78. The molecule has 0 bridgehead atoms. The van der Waals surface area contributed by atoms with Crippen molar-refractivity contribution >= 4 is 17.6 Å². The number of esters is 1. The molecule has 5 atom stereocenters. The molecule has 0 radical (unpaired) electrons. The number of nitrogens with zero attached hydrogens (tertiary/aromatic N) is 1. The first-order valence-electron chi connectivity index (χ1n) is 10.3. The first-order chi connectivity index (χ1) is 13.0. The Morgan fingerprint density at radius 3 is 2.85 bits per heavy atom. The summed E-state index contributed by atoms with van der Waals surface area (Å²) in [6.45, 7) is 6.68. The molecular formula is C22H33ClN2O2. The Morgan fingerprint density at radius 2 is 2.15 bits per heavy atom. The summed E-state index contributed by atoms with van der Waals surface area (Å²) in [6, 6.07) is 9.20. The molecule has 5 heteroatoms. The third-order valence-electron chi connectivity index (χ3n) is 6.39. The van der Waals surface area contributed by atoms with Crippen LogP contribution >= 0.6 is 11.6 Å². The minimum atomic E-state index is -0.0121. The van der Waals surface area contributed by atoms with Gasteiger partial charge >= 0.3 is 5.97 Å². The molecule has 1 aliphatic carbocycles. The van der Waals surface area contributed by atoms with Crippen LogP contribution in [0.5, 0.6) is 0 Å². The van der Waals surface area contributed by atoms with Gasteiger partial charge in [-0.15, -0.1) is 0 Å². The summed E-state index contributed by atoms with van der Waals surface area (Å²) in [5.74, 6) is 1.03. The van der Waals surface area contributed by atoms with Gasteiger partial charge in [0, 0.05) is 23.7 Å². The van der Waals surface area contributed by atoms with Crippen LogP contribution in [0.1, 0.15) is 51.1 Å². The number of likely N-dealkylation sites (tertiary alicyclic amines) is 1. The molecule has 4 nitrogen and oxygen atoms in total. The van der Waals surface area contributed by atoms with Gasteiger partial charge in [-0.05, 0) is 75.7 Å². The fourth-order valence-electron chi connectivity index (χ4n) is 4.96. The molecule has 1 N–H and O–H groups in total. The number of hydrogen-bond donors (Lipinski definition) is 1. The minimum absolute atomic E-state index is 0.0121. The van der Waals surface area contributed by atoms with Crippen molar-refractivity contribution in [1.29, 1.82) is 0 Å². The highest BCUT2D eigenvalue weighted by molar-refractivity contribution is 6.30. The third-order valence-corrected chi connectivity index (χ3v) is 6.63. The zero-order chi connectivity index (χ0) is 19.4. The second kappa shape index (κ2) is 9.40. The van der Waals surface area contributed by atoms with Gasteiger partial charge in [0.15, 0.2) is 0 Å². The molecule has 1 aromatic carbocycles. The molecule has 1 saturated carbocycles. The number of nitrogens with one attached hydrogen (secondary N) is 1. The van der Waals surface area contributed by atoms with Crippen LogP contribution in [0, 0.1) is 17.8 Å². The van der Waals surface area contributed by atoms with Crippen LogP contribution in [0.3, 0.4) is 0 Å². The Kier molecular flexibility index (Phi) is 7.18. The fourth-order valence-corrected chi connectivity index (χ4v) is 5.15. The number of ether oxygens (including phenoxy) is 1. The first kappa shape index (κ1) is 20.6. The summed E-state index contributed by atoms with van der Waals surface area (Å²) in [4.78, 5) is 14.5. The van der Waals surface area contributed by atoms with Crippen molar-refractivity contribution < 1.29 is 9.53 Å². The predicted molar refractivity (Wildman–Crippen MR) is 110 cm³/mol. The van der Waals surface area contributed by atoms with Crippen LogP contribution in [0.4, 0.5) is 0 Å². The SMILES string of the molecule is CCOC(=O)[C@@H]1CC[C@H](NC[C@@H]2CCN(C)[C@H]2c2cccc(Cl)c2)C[C@@H]1C. The second-order valence-electron chi connectivity index (χ2n) is 8.28. The number of rotatable bonds is 6. The summed E-state index contributed by atoms with van der Waals surface area (Å²) >= 11 is 6.22. The topological polar surface area (TPSA) is 41.6 Å². The molecule has 0 spiro atoms. The Hall–Kier alpha value is -1.10. The van der Waals surface area contributed by atoms with Crippen LogP contribution in [0.2, 0.25) is 5.02 Å². The van der Waals surface area contributed by atoms with Crippen LogP contribution in [-0.4, -0.2) is 43.7 Å². The average Bonchev–Trinajstić information content (AvgIpc) is 3.00. The minimum Gasteiger partial charge on any atom is -0.466 e. The highest BCUT2D eigenvalue weighted by Gasteiger charge is 2.36. The highest BCUT2D eigenvalue weighted by atomic mass is 35.5. The van der Waals surface area contributed by atoms with Crippen LogP contribution in [-0.2, 0) is 9.53 Å². The maximum atomic E-state index is 12.1. The normalized spacial score (nSPS) is 31.8. The van der Waals surface area contributed by atoms with E-state index in [9.17, 15) is 4.79 Å². The molecule has 27 heavy (non-hydrogen) atoms. The molecular weight excluding hydrogens is 360 g/mol. The van der Waals surface area contributed by atoms with E-state index in [4.69, 9.17) is 16.3 Å². The molecule has 2 aliphatic rings. The van der Waals surface area contributed by atoms with Crippen molar-refractivity contribution in [3.8, 4) is 0 Å². The van der Waals surface area contributed by atoms with Gasteiger partial charge in [0.2, 0.25) is 0 Å². The van der Waals surface area contributed by atoms with E-state index in [-0.39, 0.29) is 11.9 Å². The van der Waals surface area contributed by atoms with Crippen molar-refractivity contribution in [2.24, 2.45) is 17.8 Å². The van der Waals surface area contributed by atoms with E-state index in [2.05, 4.69) is 36.3 Å². The van der Waals surface area contributed by atoms with E-state index < -0.39 is 0 Å². The summed E-state index contributed by atoms with van der Waals surface area (Å²) < 4.78 is 5.24. The lowest BCUT2D eigenvalue weighted by Gasteiger charge is -2.34. The van der Waals surface area contributed by atoms with E-state index in [0.717, 1.165) is 37.4 Å². The Morgan fingerprint density at radius 1 is 1.33 bits per heavy atom. The number of carbonyl (C=O) groups is 1. The summed E-state index contributed by atoms with van der Waals surface area (Å²) in [5, 5.41) is 4.62. The molecule has 1 heterocycles. The van der Waals surface area contributed by atoms with Crippen molar-refractivity contribution in [1.82, 2.24) is 10.2 Å². The maximum Gasteiger partial charge on any atom is 0.309 e. The zero-order valence-corrected chi connectivity index (χ0v) is 17.5. The van der Waals surface area contributed by atoms with Crippen molar-refractivity contribution in [3.05, 3.63) is 34.9 Å². The number of carbonyl (C=O) groups excluding carboxylic acids is 1. The van der Waals surface area contributed by atoms with Crippen LogP contribution < -0.4 is 5.32 Å². The summed E-state index contributed by atoms with van der Waals surface area (Å²) in [6.07, 6.45) is 4.24. The van der Waals surface area contributed by atoms with E-state index >= 15 is 0 Å². The summed E-state index contributed by atoms with van der Waals surface area (Å²) in [7, 11) is 2.21. The Balaban J connectivity index is 1.54. The molecule has 1 aliphatic heterocycles. The van der Waals surface area contributed by atoms with Gasteiger partial charge in [0.05, 0.1) is 12.5 Å². The molecule has 150 valence electrons. The largest absolute Gasteiger partial charge is 0.466 e. The van der Waals surface area contributed by atoms with Gasteiger partial charge in [0.1, 0.15) is 0 Å². The van der Waals surface area contributed by atoms with Gasteiger partial charge in [-0.1, -0.05) is 30.7 Å². The van der Waals surface area contributed by atoms with Gasteiger partial charge in [0.25, 0.3) is 0 Å². The molecule has 0 aromatic heterocycles. The molecule has 0 amide bonds. The van der Waals surface area contributed by atoms with Gasteiger partial charge in [-0.25, -0.2) is 0 Å². The third kappa shape index (κ3) is 5.04. The van der Waals surface area contributed by atoms with Gasteiger partial charge in [-0.2, -0.15) is 0 Å². The van der Waals surface area contributed by atoms with Crippen molar-refractivity contribution in [3.63, 3.8) is 0 Å².